The third kappa shape index (κ3) is 4.40. The van der Waals surface area contributed by atoms with E-state index in [2.05, 4.69) is 0 Å². The van der Waals surface area contributed by atoms with Crippen molar-refractivity contribution in [3.8, 4) is 16.9 Å². The summed E-state index contributed by atoms with van der Waals surface area (Å²) < 4.78 is 48.6. The average molecular weight is 487 g/mol. The van der Waals surface area contributed by atoms with E-state index in [0.29, 0.717) is 0 Å². The fraction of sp³-hybridized carbons (Fsp3) is 0.0833. The lowest BCUT2D eigenvalue weighted by Crippen LogP contribution is -2.11. The molecule has 3 aromatic carbocycles. The first-order valence-corrected chi connectivity index (χ1v) is 11.9. The fourth-order valence-electron chi connectivity index (χ4n) is 3.38. The minimum Gasteiger partial charge on any atom is -0.460 e. The Morgan fingerprint density at radius 3 is 2.36 bits per heavy atom. The van der Waals surface area contributed by atoms with Gasteiger partial charge in [-0.15, -0.1) is 0 Å². The Bertz CT molecular complexity index is 1550. The van der Waals surface area contributed by atoms with E-state index in [0.717, 1.165) is 6.26 Å². The molecule has 4 rings (SSSR count). The van der Waals surface area contributed by atoms with E-state index in [1.165, 1.54) is 67.6 Å². The van der Waals surface area contributed by atoms with Crippen molar-refractivity contribution in [2.24, 2.45) is 0 Å². The Labute approximate surface area is 193 Å². The van der Waals surface area contributed by atoms with Crippen molar-refractivity contribution in [2.45, 2.75) is 11.8 Å². The Morgan fingerprint density at radius 2 is 1.73 bits per heavy atom. The van der Waals surface area contributed by atoms with Crippen LogP contribution in [0, 0.1) is 12.7 Å². The highest BCUT2D eigenvalue weighted by Crippen LogP contribution is 2.33. The average Bonchev–Trinajstić information content (AvgIpc) is 2.75. The molecule has 0 amide bonds. The number of rotatable bonds is 4. The zero-order valence-corrected chi connectivity index (χ0v) is 19.0. The number of aryl methyl sites for hydroxylation is 1. The number of ether oxygens (including phenoxy) is 1. The molecule has 0 aliphatic carbocycles. The number of hydrogen-bond donors (Lipinski definition) is 0. The fourth-order valence-corrected chi connectivity index (χ4v) is 4.27. The summed E-state index contributed by atoms with van der Waals surface area (Å²) in [5, 5.41) is 0.240. The Hall–Kier alpha value is -3.49. The van der Waals surface area contributed by atoms with E-state index >= 15 is 0 Å². The predicted molar refractivity (Wildman–Crippen MR) is 122 cm³/mol. The monoisotopic (exact) mass is 486 g/mol. The molecule has 1 aromatic heterocycles. The number of carbonyl (C=O) groups is 1. The lowest BCUT2D eigenvalue weighted by molar-refractivity contribution is 0.0735. The maximum Gasteiger partial charge on any atom is 0.343 e. The largest absolute Gasteiger partial charge is 0.460 e. The van der Waals surface area contributed by atoms with Crippen LogP contribution in [-0.2, 0) is 9.84 Å². The molecule has 6 nitrogen and oxygen atoms in total. The van der Waals surface area contributed by atoms with Crippen LogP contribution in [0.15, 0.2) is 74.8 Å². The lowest BCUT2D eigenvalue weighted by Gasteiger charge is -2.11. The number of hydrogen-bond acceptors (Lipinski definition) is 6. The van der Waals surface area contributed by atoms with Gasteiger partial charge >= 0.3 is 5.97 Å². The number of halogens is 2. The van der Waals surface area contributed by atoms with Gasteiger partial charge in [0.15, 0.2) is 9.84 Å². The summed E-state index contributed by atoms with van der Waals surface area (Å²) in [7, 11) is -3.39. The van der Waals surface area contributed by atoms with Gasteiger partial charge in [0.25, 0.3) is 0 Å². The molecule has 33 heavy (non-hydrogen) atoms. The SMILES string of the molecule is Cc1oc2cc(OC(=O)c3ccc(S(C)(=O)=O)cc3)ccc2c(=O)c1-c1c(F)cccc1Cl. The third-order valence-corrected chi connectivity index (χ3v) is 6.42. The highest BCUT2D eigenvalue weighted by atomic mass is 35.5. The Balaban J connectivity index is 1.69. The van der Waals surface area contributed by atoms with E-state index in [9.17, 15) is 22.4 Å². The van der Waals surface area contributed by atoms with Crippen LogP contribution < -0.4 is 10.2 Å². The second-order valence-electron chi connectivity index (χ2n) is 7.30. The zero-order chi connectivity index (χ0) is 23.9. The highest BCUT2D eigenvalue weighted by molar-refractivity contribution is 7.90. The highest BCUT2D eigenvalue weighted by Gasteiger charge is 2.20. The summed E-state index contributed by atoms with van der Waals surface area (Å²) in [6, 6.07) is 13.6. The normalized spacial score (nSPS) is 11.5. The van der Waals surface area contributed by atoms with Gasteiger partial charge in [-0.3, -0.25) is 4.79 Å². The van der Waals surface area contributed by atoms with Crippen molar-refractivity contribution in [1.82, 2.24) is 0 Å². The van der Waals surface area contributed by atoms with Gasteiger partial charge < -0.3 is 9.15 Å². The molecular weight excluding hydrogens is 471 g/mol. The molecule has 9 heteroatoms. The van der Waals surface area contributed by atoms with Crippen LogP contribution in [0.2, 0.25) is 5.02 Å². The summed E-state index contributed by atoms with van der Waals surface area (Å²) in [5.41, 5.74) is -0.215. The van der Waals surface area contributed by atoms with Gasteiger partial charge in [-0.05, 0) is 55.5 Å². The molecule has 0 aliphatic heterocycles. The molecule has 0 spiro atoms. The number of carbonyl (C=O) groups excluding carboxylic acids is 1. The predicted octanol–water partition coefficient (Wildman–Crippen LogP) is 5.18. The summed E-state index contributed by atoms with van der Waals surface area (Å²) in [4.78, 5) is 25.6. The number of sulfone groups is 1. The summed E-state index contributed by atoms with van der Waals surface area (Å²) in [5.74, 6) is -1.11. The van der Waals surface area contributed by atoms with Crippen LogP contribution >= 0.6 is 11.6 Å². The van der Waals surface area contributed by atoms with Gasteiger partial charge in [-0.25, -0.2) is 17.6 Å². The second kappa shape index (κ2) is 8.46. The Morgan fingerprint density at radius 1 is 1.03 bits per heavy atom. The molecule has 4 aromatic rings. The van der Waals surface area contributed by atoms with Crippen molar-refractivity contribution in [3.63, 3.8) is 0 Å². The van der Waals surface area contributed by atoms with Gasteiger partial charge in [0.05, 0.1) is 26.4 Å². The maximum absolute atomic E-state index is 14.4. The molecule has 0 atom stereocenters. The van der Waals surface area contributed by atoms with E-state index in [-0.39, 0.29) is 49.1 Å². The number of benzene rings is 3. The number of fused-ring (bicyclic) bond motifs is 1. The van der Waals surface area contributed by atoms with Gasteiger partial charge in [0.1, 0.15) is 22.9 Å². The van der Waals surface area contributed by atoms with Gasteiger partial charge in [-0.1, -0.05) is 17.7 Å². The van der Waals surface area contributed by atoms with Crippen molar-refractivity contribution >= 4 is 38.4 Å². The van der Waals surface area contributed by atoms with Crippen molar-refractivity contribution < 1.29 is 26.8 Å². The van der Waals surface area contributed by atoms with Gasteiger partial charge in [0.2, 0.25) is 5.43 Å². The van der Waals surface area contributed by atoms with E-state index in [1.807, 2.05) is 0 Å². The quantitative estimate of drug-likeness (QED) is 0.291. The molecule has 0 saturated carbocycles. The summed E-state index contributed by atoms with van der Waals surface area (Å²) in [6.07, 6.45) is 1.07. The molecule has 0 fully saturated rings. The van der Waals surface area contributed by atoms with Crippen LogP contribution in [0.5, 0.6) is 5.75 Å². The lowest BCUT2D eigenvalue weighted by atomic mass is 10.0. The van der Waals surface area contributed by atoms with Crippen LogP contribution in [0.4, 0.5) is 4.39 Å². The smallest absolute Gasteiger partial charge is 0.343 e. The topological polar surface area (TPSA) is 90.7 Å². The molecular formula is C24H16ClFO6S. The zero-order valence-electron chi connectivity index (χ0n) is 17.4. The Kier molecular flexibility index (Phi) is 5.82. The standard InChI is InChI=1S/C24H16ClFO6S/c1-13-21(22-18(25)4-3-5-19(22)26)23(27)17-11-8-15(12-20(17)31-13)32-24(28)14-6-9-16(10-7-14)33(2,29)30/h3-12H,1-2H3. The number of esters is 1. The van der Waals surface area contributed by atoms with Crippen molar-refractivity contribution in [3.05, 3.63) is 93.1 Å². The third-order valence-electron chi connectivity index (χ3n) is 4.98. The molecule has 0 saturated heterocycles. The molecule has 1 heterocycles. The first-order chi connectivity index (χ1) is 15.6. The van der Waals surface area contributed by atoms with Gasteiger partial charge in [-0.2, -0.15) is 0 Å². The second-order valence-corrected chi connectivity index (χ2v) is 9.73. The molecule has 168 valence electrons. The molecule has 0 aliphatic rings. The van der Waals surface area contributed by atoms with E-state index in [4.69, 9.17) is 20.8 Å². The molecule has 0 bridgehead atoms. The van der Waals surface area contributed by atoms with Crippen molar-refractivity contribution in [2.75, 3.05) is 6.26 Å². The van der Waals surface area contributed by atoms with Crippen molar-refractivity contribution in [1.29, 1.82) is 0 Å². The van der Waals surface area contributed by atoms with Crippen LogP contribution in [0.1, 0.15) is 16.1 Å². The minimum absolute atomic E-state index is 0.0151. The first-order valence-electron chi connectivity index (χ1n) is 9.60. The molecule has 0 radical (unpaired) electrons. The minimum atomic E-state index is -3.39. The van der Waals surface area contributed by atoms with Crippen LogP contribution in [0.3, 0.4) is 0 Å². The summed E-state index contributed by atoms with van der Waals surface area (Å²) >= 11 is 6.12. The van der Waals surface area contributed by atoms with Gasteiger partial charge in [0, 0.05) is 17.9 Å². The summed E-state index contributed by atoms with van der Waals surface area (Å²) in [6.45, 7) is 1.51. The molecule has 0 N–H and O–H groups in total. The van der Waals surface area contributed by atoms with Crippen LogP contribution in [0.25, 0.3) is 22.1 Å². The van der Waals surface area contributed by atoms with E-state index < -0.39 is 27.1 Å². The maximum atomic E-state index is 14.4. The van der Waals surface area contributed by atoms with Crippen LogP contribution in [-0.4, -0.2) is 20.6 Å². The van der Waals surface area contributed by atoms with E-state index in [1.54, 1.807) is 0 Å². The molecule has 0 unspecified atom stereocenters. The first kappa shape index (κ1) is 22.7.